The quantitative estimate of drug-likeness (QED) is 0.752. The zero-order valence-electron chi connectivity index (χ0n) is 17.2. The highest BCUT2D eigenvalue weighted by Gasteiger charge is 2.30. The van der Waals surface area contributed by atoms with Crippen LogP contribution in [0.5, 0.6) is 5.75 Å². The first-order valence-electron chi connectivity index (χ1n) is 9.74. The molecule has 1 fully saturated rings. The molecular weight excluding hydrogens is 388 g/mol. The van der Waals surface area contributed by atoms with Gasteiger partial charge in [0.2, 0.25) is 10.0 Å². The second-order valence-corrected chi connectivity index (χ2v) is 10.1. The number of hydrogen-bond donors (Lipinski definition) is 0. The summed E-state index contributed by atoms with van der Waals surface area (Å²) in [5, 5.41) is 0. The number of rotatable bonds is 5. The monoisotopic (exact) mass is 416 g/mol. The van der Waals surface area contributed by atoms with Crippen LogP contribution in [0, 0.1) is 0 Å². The predicted octanol–water partition coefficient (Wildman–Crippen LogP) is 2.90. The summed E-state index contributed by atoms with van der Waals surface area (Å²) in [7, 11) is -3.52. The summed E-state index contributed by atoms with van der Waals surface area (Å²) in [6.07, 6.45) is 0. The first-order chi connectivity index (χ1) is 13.7. The van der Waals surface area contributed by atoms with Gasteiger partial charge in [-0.05, 0) is 35.2 Å². The molecule has 0 bridgehead atoms. The summed E-state index contributed by atoms with van der Waals surface area (Å²) in [6, 6.07) is 16.1. The fraction of sp³-hybridized carbons (Fsp3) is 0.409. The van der Waals surface area contributed by atoms with E-state index in [1.165, 1.54) is 9.87 Å². The van der Waals surface area contributed by atoms with Gasteiger partial charge in [0.05, 0.1) is 4.90 Å². The molecule has 29 heavy (non-hydrogen) atoms. The van der Waals surface area contributed by atoms with E-state index in [0.29, 0.717) is 18.8 Å². The van der Waals surface area contributed by atoms with E-state index in [0.717, 1.165) is 0 Å². The van der Waals surface area contributed by atoms with Crippen molar-refractivity contribution < 1.29 is 17.9 Å². The van der Waals surface area contributed by atoms with Gasteiger partial charge >= 0.3 is 0 Å². The molecule has 1 aliphatic heterocycles. The van der Waals surface area contributed by atoms with Gasteiger partial charge in [-0.3, -0.25) is 4.79 Å². The van der Waals surface area contributed by atoms with E-state index in [9.17, 15) is 13.2 Å². The van der Waals surface area contributed by atoms with Crippen molar-refractivity contribution >= 4 is 15.9 Å². The zero-order valence-corrected chi connectivity index (χ0v) is 18.0. The van der Waals surface area contributed by atoms with Crippen LogP contribution in [-0.2, 0) is 20.2 Å². The van der Waals surface area contributed by atoms with Crippen LogP contribution >= 0.6 is 0 Å². The van der Waals surface area contributed by atoms with Crippen LogP contribution in [0.25, 0.3) is 0 Å². The molecule has 1 amide bonds. The Hall–Kier alpha value is -2.38. The highest BCUT2D eigenvalue weighted by molar-refractivity contribution is 7.89. The lowest BCUT2D eigenvalue weighted by Crippen LogP contribution is -2.51. The van der Waals surface area contributed by atoms with Crippen molar-refractivity contribution in [2.75, 3.05) is 32.8 Å². The average Bonchev–Trinajstić information content (AvgIpc) is 2.72. The van der Waals surface area contributed by atoms with Gasteiger partial charge in [0, 0.05) is 26.2 Å². The maximum atomic E-state index is 12.7. The lowest BCUT2D eigenvalue weighted by molar-refractivity contribution is -0.134. The van der Waals surface area contributed by atoms with Gasteiger partial charge in [-0.15, -0.1) is 0 Å². The topological polar surface area (TPSA) is 66.9 Å². The molecule has 3 rings (SSSR count). The van der Waals surface area contributed by atoms with E-state index >= 15 is 0 Å². The standard InChI is InChI=1S/C22H28N2O4S/c1-22(2,3)18-9-11-19(12-10-18)28-17-21(25)23-13-15-24(16-14-23)29(26,27)20-7-5-4-6-8-20/h4-12H,13-17H2,1-3H3. The van der Waals surface area contributed by atoms with E-state index in [1.54, 1.807) is 35.2 Å². The number of carbonyl (C=O) groups is 1. The van der Waals surface area contributed by atoms with Gasteiger partial charge in [0.15, 0.2) is 6.61 Å². The molecule has 2 aromatic carbocycles. The fourth-order valence-corrected chi connectivity index (χ4v) is 4.65. The summed E-state index contributed by atoms with van der Waals surface area (Å²) in [4.78, 5) is 14.4. The van der Waals surface area contributed by atoms with Crippen LogP contribution in [0.3, 0.4) is 0 Å². The molecule has 7 heteroatoms. The van der Waals surface area contributed by atoms with Crippen molar-refractivity contribution in [1.82, 2.24) is 9.21 Å². The molecule has 0 N–H and O–H groups in total. The average molecular weight is 417 g/mol. The molecule has 0 aromatic heterocycles. The lowest BCUT2D eigenvalue weighted by Gasteiger charge is -2.34. The molecule has 0 atom stereocenters. The van der Waals surface area contributed by atoms with Gasteiger partial charge in [0.25, 0.3) is 5.91 Å². The highest BCUT2D eigenvalue weighted by atomic mass is 32.2. The van der Waals surface area contributed by atoms with Crippen LogP contribution in [0.4, 0.5) is 0 Å². The Balaban J connectivity index is 1.51. The number of amides is 1. The highest BCUT2D eigenvalue weighted by Crippen LogP contribution is 2.24. The Bertz CT molecular complexity index is 927. The van der Waals surface area contributed by atoms with E-state index in [2.05, 4.69) is 20.8 Å². The van der Waals surface area contributed by atoms with Gasteiger partial charge in [-0.25, -0.2) is 8.42 Å². The normalized spacial score (nSPS) is 15.9. The van der Waals surface area contributed by atoms with E-state index in [4.69, 9.17) is 4.74 Å². The maximum absolute atomic E-state index is 12.7. The van der Waals surface area contributed by atoms with Crippen LogP contribution < -0.4 is 4.74 Å². The molecule has 1 heterocycles. The van der Waals surface area contributed by atoms with Crippen molar-refractivity contribution in [1.29, 1.82) is 0 Å². The number of sulfonamides is 1. The third kappa shape index (κ3) is 5.16. The Morgan fingerprint density at radius 2 is 1.52 bits per heavy atom. The summed E-state index contributed by atoms with van der Waals surface area (Å²) >= 11 is 0. The molecule has 1 saturated heterocycles. The van der Waals surface area contributed by atoms with Crippen LogP contribution in [0.15, 0.2) is 59.5 Å². The van der Waals surface area contributed by atoms with Gasteiger partial charge in [-0.1, -0.05) is 51.1 Å². The molecule has 1 aliphatic rings. The predicted molar refractivity (Wildman–Crippen MR) is 112 cm³/mol. The van der Waals surface area contributed by atoms with Gasteiger partial charge in [0.1, 0.15) is 5.75 Å². The second kappa shape index (κ2) is 8.55. The number of hydrogen-bond acceptors (Lipinski definition) is 4. The van der Waals surface area contributed by atoms with Crippen molar-refractivity contribution in [3.8, 4) is 5.75 Å². The minimum Gasteiger partial charge on any atom is -0.484 e. The minimum absolute atomic E-state index is 0.0553. The van der Waals surface area contributed by atoms with Crippen molar-refractivity contribution in [2.24, 2.45) is 0 Å². The summed E-state index contributed by atoms with van der Waals surface area (Å²) in [6.45, 7) is 7.65. The van der Waals surface area contributed by atoms with E-state index in [1.807, 2.05) is 24.3 Å². The Morgan fingerprint density at radius 3 is 2.07 bits per heavy atom. The maximum Gasteiger partial charge on any atom is 0.260 e. The van der Waals surface area contributed by atoms with Crippen LogP contribution in [0.2, 0.25) is 0 Å². The SMILES string of the molecule is CC(C)(C)c1ccc(OCC(=O)N2CCN(S(=O)(=O)c3ccccc3)CC2)cc1. The Labute approximate surface area is 173 Å². The third-order valence-electron chi connectivity index (χ3n) is 5.05. The van der Waals surface area contributed by atoms with Gasteiger partial charge < -0.3 is 9.64 Å². The summed E-state index contributed by atoms with van der Waals surface area (Å²) < 4.78 is 32.4. The van der Waals surface area contributed by atoms with Crippen LogP contribution in [-0.4, -0.2) is 56.3 Å². The molecule has 0 radical (unpaired) electrons. The van der Waals surface area contributed by atoms with E-state index in [-0.39, 0.29) is 35.9 Å². The molecule has 0 aliphatic carbocycles. The smallest absolute Gasteiger partial charge is 0.260 e. The molecular formula is C22H28N2O4S. The second-order valence-electron chi connectivity index (χ2n) is 8.16. The molecule has 2 aromatic rings. The number of piperazine rings is 1. The van der Waals surface area contributed by atoms with Crippen molar-refractivity contribution in [3.05, 3.63) is 60.2 Å². The third-order valence-corrected chi connectivity index (χ3v) is 6.97. The van der Waals surface area contributed by atoms with Crippen LogP contribution in [0.1, 0.15) is 26.3 Å². The molecule has 0 saturated carbocycles. The van der Waals surface area contributed by atoms with Crippen molar-refractivity contribution in [2.45, 2.75) is 31.1 Å². The van der Waals surface area contributed by atoms with Gasteiger partial charge in [-0.2, -0.15) is 4.31 Å². The number of ether oxygens (including phenoxy) is 1. The van der Waals surface area contributed by atoms with E-state index < -0.39 is 10.0 Å². The fourth-order valence-electron chi connectivity index (χ4n) is 3.21. The molecule has 0 spiro atoms. The Kier molecular flexibility index (Phi) is 6.29. The summed E-state index contributed by atoms with van der Waals surface area (Å²) in [5.41, 5.74) is 1.26. The molecule has 0 unspecified atom stereocenters. The number of nitrogens with zero attached hydrogens (tertiary/aromatic N) is 2. The molecule has 156 valence electrons. The zero-order chi connectivity index (χ0) is 21.1. The number of carbonyl (C=O) groups excluding carboxylic acids is 1. The largest absolute Gasteiger partial charge is 0.484 e. The first kappa shape index (κ1) is 21.3. The first-order valence-corrected chi connectivity index (χ1v) is 11.2. The summed E-state index contributed by atoms with van der Waals surface area (Å²) in [5.74, 6) is 0.512. The van der Waals surface area contributed by atoms with Crippen molar-refractivity contribution in [3.63, 3.8) is 0 Å². The minimum atomic E-state index is -3.52. The Morgan fingerprint density at radius 1 is 0.931 bits per heavy atom. The molecule has 6 nitrogen and oxygen atoms in total. The number of benzene rings is 2. The lowest BCUT2D eigenvalue weighted by atomic mass is 9.87.